The molecule has 0 fully saturated rings. The normalized spacial score (nSPS) is 11.4. The number of carbonyl (C=O) groups is 2. The smallest absolute Gasteiger partial charge is 0.318 e. The first-order valence-corrected chi connectivity index (χ1v) is 9.32. The number of urea groups is 1. The highest BCUT2D eigenvalue weighted by Crippen LogP contribution is 2.35. The molecule has 0 atom stereocenters. The van der Waals surface area contributed by atoms with Crippen molar-refractivity contribution in [3.8, 4) is 11.5 Å². The van der Waals surface area contributed by atoms with Gasteiger partial charge < -0.3 is 10.5 Å². The highest BCUT2D eigenvalue weighted by atomic mass is 79.9. The predicted octanol–water partition coefficient (Wildman–Crippen LogP) is 4.94. The van der Waals surface area contributed by atoms with Crippen LogP contribution in [-0.4, -0.2) is 16.3 Å². The number of rotatable bonds is 3. The van der Waals surface area contributed by atoms with Crippen LogP contribution >= 0.6 is 28.3 Å². The predicted molar refractivity (Wildman–Crippen MR) is 113 cm³/mol. The number of imide groups is 1. The second-order valence-electron chi connectivity index (χ2n) is 5.99. The van der Waals surface area contributed by atoms with Crippen molar-refractivity contribution < 1.29 is 14.3 Å². The molecule has 2 aromatic carbocycles. The summed E-state index contributed by atoms with van der Waals surface area (Å²) < 4.78 is 5.11. The maximum absolute atomic E-state index is 11.3. The van der Waals surface area contributed by atoms with Crippen LogP contribution in [0.4, 0.5) is 4.79 Å². The van der Waals surface area contributed by atoms with Crippen LogP contribution in [0.1, 0.15) is 37.8 Å². The topological polar surface area (TPSA) is 81.4 Å². The number of hydrogen-bond acceptors (Lipinski definition) is 3. The molecule has 3 amide bonds. The second kappa shape index (κ2) is 10.3. The highest BCUT2D eigenvalue weighted by molar-refractivity contribution is 9.10. The summed E-state index contributed by atoms with van der Waals surface area (Å²) in [6, 6.07) is 15.6. The molecule has 0 unspecified atom stereocenters. The molecule has 2 aromatic rings. The number of alkyl halides is 1. The van der Waals surface area contributed by atoms with Crippen LogP contribution in [0, 0.1) is 0 Å². The first-order chi connectivity index (χ1) is 12.4. The molecule has 1 heterocycles. The first-order valence-electron chi connectivity index (χ1n) is 8.53. The Balaban J connectivity index is 0.000000265. The molecule has 0 aliphatic carbocycles. The number of hydrogen-bond donors (Lipinski definition) is 2. The Hall–Kier alpha value is -2.05. The van der Waals surface area contributed by atoms with Gasteiger partial charge in [0.25, 0.3) is 0 Å². The number of primary amides is 1. The Bertz CT molecular complexity index is 707. The van der Waals surface area contributed by atoms with Gasteiger partial charge in [-0.15, -0.1) is 12.4 Å². The fourth-order valence-electron chi connectivity index (χ4n) is 2.62. The minimum atomic E-state index is -0.814. The number of carbonyl (C=O) groups excluding carboxylic acids is 2. The lowest BCUT2D eigenvalue weighted by molar-refractivity contribution is -0.122. The van der Waals surface area contributed by atoms with E-state index in [0.29, 0.717) is 12.8 Å². The summed E-state index contributed by atoms with van der Waals surface area (Å²) in [5, 5.41) is 2.04. The summed E-state index contributed by atoms with van der Waals surface area (Å²) in [6.07, 6.45) is 2.21. The Morgan fingerprint density at radius 3 is 1.89 bits per heavy atom. The highest BCUT2D eigenvalue weighted by Gasteiger charge is 2.32. The number of halogens is 2. The molecule has 146 valence electrons. The summed E-state index contributed by atoms with van der Waals surface area (Å²) in [7, 11) is 0. The standard InChI is InChI=1S/C13H10O.C7H13BrN2O2.ClH/c1-3-7-12-10(5-1)9-11-6-2-4-8-13(11)14-12;1-3-7(8,4-2)5(11)10-6(9)12;/h1-8H,9H2;3-4H2,1-2H3,(H3,9,10,11,12);1H. The molecule has 3 rings (SSSR count). The number of benzene rings is 2. The van der Waals surface area contributed by atoms with Crippen LogP contribution < -0.4 is 15.8 Å². The van der Waals surface area contributed by atoms with Gasteiger partial charge in [-0.2, -0.15) is 0 Å². The van der Waals surface area contributed by atoms with Crippen molar-refractivity contribution in [2.45, 2.75) is 37.4 Å². The van der Waals surface area contributed by atoms with Crippen molar-refractivity contribution in [3.05, 3.63) is 59.7 Å². The summed E-state index contributed by atoms with van der Waals surface area (Å²) in [5.41, 5.74) is 7.35. The van der Waals surface area contributed by atoms with Gasteiger partial charge in [-0.05, 0) is 36.1 Å². The molecule has 0 saturated carbocycles. The van der Waals surface area contributed by atoms with Gasteiger partial charge in [0.15, 0.2) is 0 Å². The van der Waals surface area contributed by atoms with Crippen LogP contribution in [0.25, 0.3) is 0 Å². The van der Waals surface area contributed by atoms with Crippen molar-refractivity contribution >= 4 is 40.3 Å². The van der Waals surface area contributed by atoms with Gasteiger partial charge in [0.1, 0.15) is 15.8 Å². The molecular weight excluding hydrogens is 432 g/mol. The third-order valence-electron chi connectivity index (χ3n) is 4.31. The zero-order valence-electron chi connectivity index (χ0n) is 15.3. The Morgan fingerprint density at radius 1 is 1.04 bits per heavy atom. The van der Waals surface area contributed by atoms with Crippen molar-refractivity contribution in [1.82, 2.24) is 5.32 Å². The summed E-state index contributed by atoms with van der Waals surface area (Å²) in [5.74, 6) is 1.61. The average Bonchev–Trinajstić information content (AvgIpc) is 2.65. The maximum atomic E-state index is 11.3. The largest absolute Gasteiger partial charge is 0.457 e. The first kappa shape index (κ1) is 23.0. The van der Waals surface area contributed by atoms with Crippen LogP contribution in [0.3, 0.4) is 0 Å². The van der Waals surface area contributed by atoms with Gasteiger partial charge in [0.05, 0.1) is 0 Å². The van der Waals surface area contributed by atoms with Crippen molar-refractivity contribution in [1.29, 1.82) is 0 Å². The molecule has 3 N–H and O–H groups in total. The average molecular weight is 456 g/mol. The van der Waals surface area contributed by atoms with Crippen molar-refractivity contribution in [2.75, 3.05) is 0 Å². The van der Waals surface area contributed by atoms with Gasteiger partial charge in [-0.25, -0.2) is 4.79 Å². The van der Waals surface area contributed by atoms with Crippen LogP contribution in [0.2, 0.25) is 0 Å². The monoisotopic (exact) mass is 454 g/mol. The van der Waals surface area contributed by atoms with E-state index in [1.807, 2.05) is 43.4 Å². The zero-order chi connectivity index (χ0) is 19.2. The molecule has 0 radical (unpaired) electrons. The Morgan fingerprint density at radius 2 is 1.48 bits per heavy atom. The van der Waals surface area contributed by atoms with Crippen LogP contribution in [-0.2, 0) is 11.2 Å². The third kappa shape index (κ3) is 5.97. The van der Waals surface area contributed by atoms with Gasteiger partial charge in [-0.3, -0.25) is 10.1 Å². The number of ether oxygens (including phenoxy) is 1. The molecule has 0 saturated heterocycles. The molecule has 27 heavy (non-hydrogen) atoms. The number of para-hydroxylation sites is 2. The van der Waals surface area contributed by atoms with Crippen LogP contribution in [0.5, 0.6) is 11.5 Å². The number of nitrogens with one attached hydrogen (secondary N) is 1. The molecule has 0 bridgehead atoms. The SMILES string of the molecule is CCC(Br)(CC)C(=O)NC(N)=O.Cl.c1ccc2c(c1)Cc1ccccc1O2. The Labute approximate surface area is 174 Å². The summed E-state index contributed by atoms with van der Waals surface area (Å²) in [6.45, 7) is 3.72. The number of fused-ring (bicyclic) bond motifs is 2. The van der Waals surface area contributed by atoms with E-state index >= 15 is 0 Å². The fraction of sp³-hybridized carbons (Fsp3) is 0.300. The third-order valence-corrected chi connectivity index (χ3v) is 5.79. The molecule has 7 heteroatoms. The van der Waals surface area contributed by atoms with Crippen molar-refractivity contribution in [3.63, 3.8) is 0 Å². The van der Waals surface area contributed by atoms with Gasteiger partial charge in [0.2, 0.25) is 5.91 Å². The number of amides is 3. The van der Waals surface area contributed by atoms with Crippen molar-refractivity contribution in [2.24, 2.45) is 5.73 Å². The Kier molecular flexibility index (Phi) is 8.79. The van der Waals surface area contributed by atoms with E-state index in [0.717, 1.165) is 17.9 Å². The summed E-state index contributed by atoms with van der Waals surface area (Å²) in [4.78, 5) is 21.6. The van der Waals surface area contributed by atoms with Gasteiger partial charge in [0, 0.05) is 6.42 Å². The molecule has 5 nitrogen and oxygen atoms in total. The molecule has 0 aromatic heterocycles. The fourth-order valence-corrected chi connectivity index (χ4v) is 2.72. The second-order valence-corrected chi connectivity index (χ2v) is 7.50. The molecular formula is C20H24BrClN2O3. The van der Waals surface area contributed by atoms with Gasteiger partial charge in [-0.1, -0.05) is 66.2 Å². The van der Waals surface area contributed by atoms with Gasteiger partial charge >= 0.3 is 6.03 Å². The maximum Gasteiger partial charge on any atom is 0.318 e. The van der Waals surface area contributed by atoms with Crippen LogP contribution in [0.15, 0.2) is 48.5 Å². The van der Waals surface area contributed by atoms with E-state index in [9.17, 15) is 9.59 Å². The molecule has 1 aliphatic heterocycles. The number of nitrogens with two attached hydrogens (primary N) is 1. The van der Waals surface area contributed by atoms with E-state index in [4.69, 9.17) is 10.5 Å². The minimum absolute atomic E-state index is 0. The lowest BCUT2D eigenvalue weighted by atomic mass is 10.0. The van der Waals surface area contributed by atoms with E-state index in [1.165, 1.54) is 11.1 Å². The van der Waals surface area contributed by atoms with E-state index in [-0.39, 0.29) is 18.3 Å². The van der Waals surface area contributed by atoms with E-state index in [2.05, 4.69) is 40.2 Å². The van der Waals surface area contributed by atoms with E-state index < -0.39 is 10.4 Å². The quantitative estimate of drug-likeness (QED) is 0.549. The molecule has 0 spiro atoms. The lowest BCUT2D eigenvalue weighted by Crippen LogP contribution is -2.46. The summed E-state index contributed by atoms with van der Waals surface area (Å²) >= 11 is 3.26. The van der Waals surface area contributed by atoms with E-state index in [1.54, 1.807) is 0 Å². The zero-order valence-corrected chi connectivity index (χ0v) is 17.7. The molecule has 1 aliphatic rings. The lowest BCUT2D eigenvalue weighted by Gasteiger charge is -2.21. The minimum Gasteiger partial charge on any atom is -0.457 e.